The first-order chi connectivity index (χ1) is 6.36. The van der Waals surface area contributed by atoms with E-state index in [1.807, 2.05) is 0 Å². The number of hydrogen-bond donors (Lipinski definition) is 0. The second kappa shape index (κ2) is 3.58. The minimum Gasteiger partial charge on any atom is -0.468 e. The van der Waals surface area contributed by atoms with Gasteiger partial charge in [-0.15, -0.1) is 0 Å². The Morgan fingerprint density at radius 1 is 1.15 bits per heavy atom. The predicted molar refractivity (Wildman–Crippen MR) is 46.8 cm³/mol. The number of fused-ring (bicyclic) bond motifs is 7. The fourth-order valence-electron chi connectivity index (χ4n) is 1.21. The number of carbonyl (C=O) groups is 1. The first-order valence-electron chi connectivity index (χ1n) is 4.20. The Labute approximate surface area is 76.3 Å². The molecule has 1 aromatic carbocycles. The van der Waals surface area contributed by atoms with Gasteiger partial charge in [-0.05, 0) is 24.3 Å². The number of carbonyl (C=O) groups excluding carboxylic acids is 1. The molecule has 68 valence electrons. The molecule has 0 N–H and O–H groups in total. The molecule has 0 aliphatic carbocycles. The quantitative estimate of drug-likeness (QED) is 0.605. The van der Waals surface area contributed by atoms with Gasteiger partial charge in [-0.1, -0.05) is 0 Å². The lowest BCUT2D eigenvalue weighted by Gasteiger charge is -2.10. The number of hydrogen-bond acceptors (Lipinski definition) is 3. The van der Waals surface area contributed by atoms with Crippen LogP contribution in [0.1, 0.15) is 16.8 Å². The van der Waals surface area contributed by atoms with Crippen LogP contribution in [0.3, 0.4) is 0 Å². The van der Waals surface area contributed by atoms with Crippen LogP contribution >= 0.6 is 0 Å². The number of ether oxygens (including phenoxy) is 2. The summed E-state index contributed by atoms with van der Waals surface area (Å²) < 4.78 is 10.3. The van der Waals surface area contributed by atoms with E-state index in [-0.39, 0.29) is 12.6 Å². The Morgan fingerprint density at radius 3 is 2.69 bits per heavy atom. The molecule has 0 saturated heterocycles. The summed E-state index contributed by atoms with van der Waals surface area (Å²) >= 11 is 0. The normalized spacial score (nSPS) is 16.8. The highest BCUT2D eigenvalue weighted by molar-refractivity contribution is 5.96. The summed E-state index contributed by atoms with van der Waals surface area (Å²) in [4.78, 5) is 11.4. The van der Waals surface area contributed by atoms with Crippen molar-refractivity contribution >= 4 is 5.78 Å². The highest BCUT2D eigenvalue weighted by Gasteiger charge is 2.07. The van der Waals surface area contributed by atoms with Crippen molar-refractivity contribution in [2.45, 2.75) is 6.42 Å². The van der Waals surface area contributed by atoms with Gasteiger partial charge in [0, 0.05) is 12.0 Å². The summed E-state index contributed by atoms with van der Waals surface area (Å²) in [6, 6.07) is 7.12. The monoisotopic (exact) mass is 178 g/mol. The van der Waals surface area contributed by atoms with Crippen molar-refractivity contribution in [2.24, 2.45) is 0 Å². The maximum atomic E-state index is 11.4. The van der Waals surface area contributed by atoms with Crippen molar-refractivity contribution < 1.29 is 14.3 Å². The van der Waals surface area contributed by atoms with E-state index in [4.69, 9.17) is 9.47 Å². The largest absolute Gasteiger partial charge is 0.468 e. The molecule has 0 unspecified atom stereocenters. The van der Waals surface area contributed by atoms with Gasteiger partial charge in [0.15, 0.2) is 12.6 Å². The molecule has 0 radical (unpaired) electrons. The molecule has 0 fully saturated rings. The van der Waals surface area contributed by atoms with Gasteiger partial charge in [0.1, 0.15) is 5.75 Å². The fraction of sp³-hybridized carbons (Fsp3) is 0.300. The molecule has 3 rings (SSSR count). The predicted octanol–water partition coefficient (Wildman–Crippen LogP) is 1.63. The Balaban J connectivity index is 2.30. The highest BCUT2D eigenvalue weighted by Crippen LogP contribution is 2.14. The molecule has 2 aliphatic rings. The number of Topliss-reactive ketones (excluding diaryl/α,β-unsaturated/α-hetero) is 1. The van der Waals surface area contributed by atoms with Gasteiger partial charge < -0.3 is 9.47 Å². The van der Waals surface area contributed by atoms with Gasteiger partial charge in [0.05, 0.1) is 6.61 Å². The van der Waals surface area contributed by atoms with Crippen LogP contribution in [0.5, 0.6) is 5.75 Å². The first kappa shape index (κ1) is 8.26. The maximum Gasteiger partial charge on any atom is 0.189 e. The Bertz CT molecular complexity index is 302. The third-order valence-corrected chi connectivity index (χ3v) is 1.96. The van der Waals surface area contributed by atoms with Crippen LogP contribution < -0.4 is 4.74 Å². The number of rotatable bonds is 0. The molecule has 1 aromatic rings. The van der Waals surface area contributed by atoms with Gasteiger partial charge in [-0.25, -0.2) is 0 Å². The van der Waals surface area contributed by atoms with Crippen LogP contribution in [0.25, 0.3) is 0 Å². The molecule has 0 atom stereocenters. The van der Waals surface area contributed by atoms with Crippen molar-refractivity contribution in [1.29, 1.82) is 0 Å². The SMILES string of the molecule is O=C1CCOCOc2ccc1cc2. The fourth-order valence-corrected chi connectivity index (χ4v) is 1.21. The Kier molecular flexibility index (Phi) is 2.27. The van der Waals surface area contributed by atoms with E-state index in [0.717, 1.165) is 11.3 Å². The molecule has 3 heteroatoms. The standard InChI is InChI=1S/C10H10O3/c11-10-5-6-12-7-13-9-3-1-8(10)2-4-9/h1-4H,5-7H2. The highest BCUT2D eigenvalue weighted by atomic mass is 16.7. The number of ketones is 1. The van der Waals surface area contributed by atoms with E-state index in [2.05, 4.69) is 0 Å². The maximum absolute atomic E-state index is 11.4. The third-order valence-electron chi connectivity index (χ3n) is 1.96. The van der Waals surface area contributed by atoms with E-state index in [0.29, 0.717) is 13.0 Å². The van der Waals surface area contributed by atoms with Gasteiger partial charge in [-0.2, -0.15) is 0 Å². The molecule has 3 nitrogen and oxygen atoms in total. The topological polar surface area (TPSA) is 35.5 Å². The van der Waals surface area contributed by atoms with Gasteiger partial charge in [0.2, 0.25) is 0 Å². The Morgan fingerprint density at radius 2 is 1.92 bits per heavy atom. The Hall–Kier alpha value is -1.35. The molecule has 2 heterocycles. The summed E-state index contributed by atoms with van der Waals surface area (Å²) in [6.07, 6.45) is 0.419. The minimum atomic E-state index is 0.119. The molecular weight excluding hydrogens is 168 g/mol. The van der Waals surface area contributed by atoms with Crippen molar-refractivity contribution in [2.75, 3.05) is 13.4 Å². The average Bonchev–Trinajstić information content (AvgIpc) is 2.19. The van der Waals surface area contributed by atoms with Crippen molar-refractivity contribution in [3.05, 3.63) is 29.8 Å². The van der Waals surface area contributed by atoms with E-state index in [9.17, 15) is 4.79 Å². The summed E-state index contributed by atoms with van der Waals surface area (Å²) in [5.41, 5.74) is 0.720. The summed E-state index contributed by atoms with van der Waals surface area (Å²) in [6.45, 7) is 0.643. The minimum absolute atomic E-state index is 0.119. The van der Waals surface area contributed by atoms with Crippen molar-refractivity contribution in [3.63, 3.8) is 0 Å². The molecule has 2 aliphatic heterocycles. The smallest absolute Gasteiger partial charge is 0.189 e. The molecule has 0 saturated carbocycles. The van der Waals surface area contributed by atoms with Gasteiger partial charge >= 0.3 is 0 Å². The summed E-state index contributed by atoms with van der Waals surface area (Å²) in [5, 5.41) is 0. The van der Waals surface area contributed by atoms with Crippen LogP contribution in [0.2, 0.25) is 0 Å². The first-order valence-corrected chi connectivity index (χ1v) is 4.20. The van der Waals surface area contributed by atoms with E-state index in [1.165, 1.54) is 0 Å². The molecule has 13 heavy (non-hydrogen) atoms. The van der Waals surface area contributed by atoms with Gasteiger partial charge in [0.25, 0.3) is 0 Å². The summed E-state index contributed by atoms with van der Waals surface area (Å²) in [7, 11) is 0. The van der Waals surface area contributed by atoms with Crippen LogP contribution in [-0.4, -0.2) is 19.2 Å². The molecule has 0 aromatic heterocycles. The second-order valence-electron chi connectivity index (χ2n) is 2.87. The average molecular weight is 178 g/mol. The molecule has 2 bridgehead atoms. The van der Waals surface area contributed by atoms with Crippen molar-refractivity contribution in [1.82, 2.24) is 0 Å². The zero-order valence-corrected chi connectivity index (χ0v) is 7.16. The lowest BCUT2D eigenvalue weighted by molar-refractivity contribution is 0.0144. The van der Waals surface area contributed by atoms with Crippen LogP contribution in [-0.2, 0) is 4.74 Å². The zero-order chi connectivity index (χ0) is 9.10. The lowest BCUT2D eigenvalue weighted by atomic mass is 10.1. The molecular formula is C10H10O3. The molecule has 0 amide bonds. The third kappa shape index (κ3) is 1.87. The van der Waals surface area contributed by atoms with E-state index >= 15 is 0 Å². The zero-order valence-electron chi connectivity index (χ0n) is 7.16. The van der Waals surface area contributed by atoms with Crippen LogP contribution in [0.15, 0.2) is 24.3 Å². The van der Waals surface area contributed by atoms with Crippen LogP contribution in [0, 0.1) is 0 Å². The van der Waals surface area contributed by atoms with Crippen molar-refractivity contribution in [3.8, 4) is 5.75 Å². The number of benzene rings is 1. The lowest BCUT2D eigenvalue weighted by Crippen LogP contribution is -2.10. The van der Waals surface area contributed by atoms with E-state index in [1.54, 1.807) is 24.3 Å². The molecule has 0 spiro atoms. The second-order valence-corrected chi connectivity index (χ2v) is 2.87. The van der Waals surface area contributed by atoms with Crippen LogP contribution in [0.4, 0.5) is 0 Å². The van der Waals surface area contributed by atoms with Gasteiger partial charge in [-0.3, -0.25) is 4.79 Å². The van der Waals surface area contributed by atoms with E-state index < -0.39 is 0 Å². The summed E-state index contributed by atoms with van der Waals surface area (Å²) in [5.74, 6) is 0.854.